The standard InChI is InChI=1S/C10H20N2O3S/c1-9-2-6-12(7-3-9)16(14,15)11-10(8-13)4-5-10/h9,11,13H,2-8H2,1H3. The fraction of sp³-hybridized carbons (Fsp3) is 1.00. The van der Waals surface area contributed by atoms with Gasteiger partial charge < -0.3 is 5.11 Å². The first kappa shape index (κ1) is 12.3. The van der Waals surface area contributed by atoms with Crippen LogP contribution in [0.25, 0.3) is 0 Å². The van der Waals surface area contributed by atoms with Gasteiger partial charge >= 0.3 is 0 Å². The van der Waals surface area contributed by atoms with Gasteiger partial charge in [0.05, 0.1) is 12.1 Å². The highest BCUT2D eigenvalue weighted by molar-refractivity contribution is 7.87. The molecule has 1 heterocycles. The minimum atomic E-state index is -3.39. The summed E-state index contributed by atoms with van der Waals surface area (Å²) >= 11 is 0. The molecule has 1 saturated heterocycles. The maximum Gasteiger partial charge on any atom is 0.280 e. The molecule has 0 aromatic heterocycles. The zero-order chi connectivity index (χ0) is 11.8. The van der Waals surface area contributed by atoms with Gasteiger partial charge in [0.2, 0.25) is 0 Å². The summed E-state index contributed by atoms with van der Waals surface area (Å²) < 4.78 is 28.1. The van der Waals surface area contributed by atoms with Gasteiger partial charge in [0.1, 0.15) is 0 Å². The topological polar surface area (TPSA) is 69.6 Å². The molecule has 5 nitrogen and oxygen atoms in total. The fourth-order valence-corrected chi connectivity index (χ4v) is 3.64. The largest absolute Gasteiger partial charge is 0.394 e. The first-order chi connectivity index (χ1) is 7.47. The number of aliphatic hydroxyl groups excluding tert-OH is 1. The highest BCUT2D eigenvalue weighted by atomic mass is 32.2. The Morgan fingerprint density at radius 3 is 2.38 bits per heavy atom. The van der Waals surface area contributed by atoms with Gasteiger partial charge in [-0.15, -0.1) is 0 Å². The van der Waals surface area contributed by atoms with E-state index in [1.807, 2.05) is 0 Å². The van der Waals surface area contributed by atoms with Crippen LogP contribution in [0.1, 0.15) is 32.6 Å². The fourth-order valence-electron chi connectivity index (χ4n) is 2.01. The number of piperidine rings is 1. The van der Waals surface area contributed by atoms with Crippen molar-refractivity contribution < 1.29 is 13.5 Å². The third kappa shape index (κ3) is 2.56. The van der Waals surface area contributed by atoms with Gasteiger partial charge in [-0.05, 0) is 31.6 Å². The van der Waals surface area contributed by atoms with Crippen LogP contribution in [0.3, 0.4) is 0 Å². The zero-order valence-corrected chi connectivity index (χ0v) is 10.5. The number of hydrogen-bond donors (Lipinski definition) is 2. The Morgan fingerprint density at radius 1 is 1.38 bits per heavy atom. The second-order valence-electron chi connectivity index (χ2n) is 5.13. The van der Waals surface area contributed by atoms with E-state index in [0.29, 0.717) is 19.0 Å². The average molecular weight is 248 g/mol. The number of nitrogens with zero attached hydrogens (tertiary/aromatic N) is 1. The molecule has 2 aliphatic rings. The van der Waals surface area contributed by atoms with Gasteiger partial charge in [-0.25, -0.2) is 0 Å². The van der Waals surface area contributed by atoms with Crippen LogP contribution in [-0.4, -0.2) is 43.1 Å². The lowest BCUT2D eigenvalue weighted by atomic mass is 10.0. The van der Waals surface area contributed by atoms with Crippen LogP contribution in [0.4, 0.5) is 0 Å². The van der Waals surface area contributed by atoms with Crippen molar-refractivity contribution in [2.24, 2.45) is 5.92 Å². The number of rotatable bonds is 4. The third-order valence-corrected chi connectivity index (χ3v) is 5.32. The van der Waals surface area contributed by atoms with Gasteiger partial charge in [-0.3, -0.25) is 0 Å². The minimum Gasteiger partial charge on any atom is -0.394 e. The quantitative estimate of drug-likeness (QED) is 0.740. The lowest BCUT2D eigenvalue weighted by Crippen LogP contribution is -2.50. The molecular formula is C10H20N2O3S. The third-order valence-electron chi connectivity index (χ3n) is 3.58. The van der Waals surface area contributed by atoms with Gasteiger partial charge in [-0.2, -0.15) is 17.4 Å². The maximum absolute atomic E-state index is 12.0. The molecule has 6 heteroatoms. The summed E-state index contributed by atoms with van der Waals surface area (Å²) in [6, 6.07) is 0. The summed E-state index contributed by atoms with van der Waals surface area (Å²) in [7, 11) is -3.39. The van der Waals surface area contributed by atoms with Crippen LogP contribution < -0.4 is 4.72 Å². The van der Waals surface area contributed by atoms with E-state index < -0.39 is 15.7 Å². The van der Waals surface area contributed by atoms with Crippen molar-refractivity contribution in [2.45, 2.75) is 38.1 Å². The predicted octanol–water partition coefficient (Wildman–Crippen LogP) is 0.0776. The summed E-state index contributed by atoms with van der Waals surface area (Å²) in [5.74, 6) is 0.610. The molecule has 0 aromatic carbocycles. The Kier molecular flexibility index (Phi) is 3.27. The molecule has 0 atom stereocenters. The van der Waals surface area contributed by atoms with E-state index in [1.165, 1.54) is 4.31 Å². The molecule has 0 spiro atoms. The predicted molar refractivity (Wildman–Crippen MR) is 61.1 cm³/mol. The summed E-state index contributed by atoms with van der Waals surface area (Å²) in [6.45, 7) is 3.24. The average Bonchev–Trinajstić information content (AvgIpc) is 2.98. The molecule has 2 fully saturated rings. The Bertz CT molecular complexity index is 343. The highest BCUT2D eigenvalue weighted by Crippen LogP contribution is 2.36. The molecule has 2 N–H and O–H groups in total. The monoisotopic (exact) mass is 248 g/mol. The van der Waals surface area contributed by atoms with Gasteiger partial charge in [0.25, 0.3) is 10.2 Å². The van der Waals surface area contributed by atoms with E-state index in [2.05, 4.69) is 11.6 Å². The lowest BCUT2D eigenvalue weighted by Gasteiger charge is -2.30. The van der Waals surface area contributed by atoms with E-state index in [4.69, 9.17) is 5.11 Å². The van der Waals surface area contributed by atoms with Crippen molar-refractivity contribution in [2.75, 3.05) is 19.7 Å². The van der Waals surface area contributed by atoms with Crippen LogP contribution in [0.5, 0.6) is 0 Å². The summed E-state index contributed by atoms with van der Waals surface area (Å²) in [5.41, 5.74) is -0.554. The SMILES string of the molecule is CC1CCN(S(=O)(=O)NC2(CO)CC2)CC1. The van der Waals surface area contributed by atoms with E-state index in [0.717, 1.165) is 25.7 Å². The van der Waals surface area contributed by atoms with Crippen molar-refractivity contribution in [3.8, 4) is 0 Å². The minimum absolute atomic E-state index is 0.101. The Labute approximate surface area is 97.0 Å². The molecule has 1 aliphatic heterocycles. The van der Waals surface area contributed by atoms with Crippen molar-refractivity contribution in [1.29, 1.82) is 0 Å². The number of nitrogens with one attached hydrogen (secondary N) is 1. The normalized spacial score (nSPS) is 26.9. The lowest BCUT2D eigenvalue weighted by molar-refractivity contribution is 0.238. The van der Waals surface area contributed by atoms with Crippen LogP contribution in [0, 0.1) is 5.92 Å². The molecule has 2 rings (SSSR count). The van der Waals surface area contributed by atoms with Gasteiger partial charge in [0.15, 0.2) is 0 Å². The van der Waals surface area contributed by atoms with Gasteiger partial charge in [-0.1, -0.05) is 6.92 Å². The first-order valence-electron chi connectivity index (χ1n) is 5.87. The Hall–Kier alpha value is -0.170. The summed E-state index contributed by atoms with van der Waals surface area (Å²) in [5, 5.41) is 9.11. The molecule has 0 bridgehead atoms. The maximum atomic E-state index is 12.0. The second kappa shape index (κ2) is 4.25. The van der Waals surface area contributed by atoms with Crippen molar-refractivity contribution in [3.63, 3.8) is 0 Å². The molecule has 1 saturated carbocycles. The van der Waals surface area contributed by atoms with E-state index in [9.17, 15) is 8.42 Å². The summed E-state index contributed by atoms with van der Waals surface area (Å²) in [6.07, 6.45) is 3.33. The first-order valence-corrected chi connectivity index (χ1v) is 7.31. The van der Waals surface area contributed by atoms with Crippen LogP contribution in [0.15, 0.2) is 0 Å². The number of aliphatic hydroxyl groups is 1. The molecule has 1 aliphatic carbocycles. The highest BCUT2D eigenvalue weighted by Gasteiger charge is 2.46. The number of hydrogen-bond acceptors (Lipinski definition) is 3. The molecule has 16 heavy (non-hydrogen) atoms. The second-order valence-corrected chi connectivity index (χ2v) is 6.80. The Morgan fingerprint density at radius 2 is 1.94 bits per heavy atom. The van der Waals surface area contributed by atoms with Crippen LogP contribution in [-0.2, 0) is 10.2 Å². The molecule has 94 valence electrons. The van der Waals surface area contributed by atoms with Crippen molar-refractivity contribution in [1.82, 2.24) is 9.03 Å². The van der Waals surface area contributed by atoms with E-state index >= 15 is 0 Å². The van der Waals surface area contributed by atoms with E-state index in [1.54, 1.807) is 0 Å². The van der Waals surface area contributed by atoms with Gasteiger partial charge in [0, 0.05) is 13.1 Å². The van der Waals surface area contributed by atoms with Crippen molar-refractivity contribution in [3.05, 3.63) is 0 Å². The Balaban J connectivity index is 1.97. The molecular weight excluding hydrogens is 228 g/mol. The molecule has 0 unspecified atom stereocenters. The molecule has 0 amide bonds. The van der Waals surface area contributed by atoms with E-state index in [-0.39, 0.29) is 6.61 Å². The summed E-state index contributed by atoms with van der Waals surface area (Å²) in [4.78, 5) is 0. The van der Waals surface area contributed by atoms with Crippen LogP contribution in [0.2, 0.25) is 0 Å². The molecule has 0 radical (unpaired) electrons. The van der Waals surface area contributed by atoms with Crippen molar-refractivity contribution >= 4 is 10.2 Å². The van der Waals surface area contributed by atoms with Crippen LogP contribution >= 0.6 is 0 Å². The molecule has 0 aromatic rings. The smallest absolute Gasteiger partial charge is 0.280 e. The zero-order valence-electron chi connectivity index (χ0n) is 9.65.